The molecule has 186 valence electrons. The van der Waals surface area contributed by atoms with Gasteiger partial charge in [0.1, 0.15) is 17.1 Å². The number of carbonyl (C=O) groups is 1. The molecule has 0 saturated carbocycles. The number of nitrogens with one attached hydrogen (secondary N) is 1. The second-order valence-electron chi connectivity index (χ2n) is 8.56. The number of fused-ring (bicyclic) bond motifs is 1. The average Bonchev–Trinajstić information content (AvgIpc) is 3.33. The third-order valence-electron chi connectivity index (χ3n) is 6.16. The molecule has 36 heavy (non-hydrogen) atoms. The summed E-state index contributed by atoms with van der Waals surface area (Å²) in [5.74, 6) is -2.27. The van der Waals surface area contributed by atoms with E-state index in [1.807, 2.05) is 0 Å². The molecule has 5 rings (SSSR count). The Hall–Kier alpha value is -3.99. The van der Waals surface area contributed by atoms with E-state index in [0.717, 1.165) is 12.1 Å². The summed E-state index contributed by atoms with van der Waals surface area (Å²) in [5, 5.41) is 0.566. The Kier molecular flexibility index (Phi) is 5.87. The molecule has 0 bridgehead atoms. The van der Waals surface area contributed by atoms with Crippen LogP contribution in [-0.4, -0.2) is 53.4 Å². The molecule has 1 aliphatic heterocycles. The Morgan fingerprint density at radius 1 is 1.00 bits per heavy atom. The smallest absolute Gasteiger partial charge is 0.274 e. The van der Waals surface area contributed by atoms with Crippen LogP contribution in [0.1, 0.15) is 10.4 Å². The van der Waals surface area contributed by atoms with Crippen molar-refractivity contribution in [2.24, 2.45) is 7.05 Å². The summed E-state index contributed by atoms with van der Waals surface area (Å²) < 4.78 is 58.5. The van der Waals surface area contributed by atoms with Crippen molar-refractivity contribution in [3.63, 3.8) is 0 Å². The van der Waals surface area contributed by atoms with Crippen LogP contribution in [0.3, 0.4) is 0 Å². The normalized spacial score (nSPS) is 15.2. The number of ether oxygens (including phenoxy) is 1. The molecule has 1 amide bonds. The summed E-state index contributed by atoms with van der Waals surface area (Å²) in [4.78, 5) is 30.2. The highest BCUT2D eigenvalue weighted by molar-refractivity contribution is 7.91. The monoisotopic (exact) mass is 513 g/mol. The molecule has 0 aliphatic carbocycles. The molecule has 0 spiro atoms. The van der Waals surface area contributed by atoms with E-state index < -0.39 is 21.5 Å². The number of carbonyl (C=O) groups excluding carboxylic acids is 1. The summed E-state index contributed by atoms with van der Waals surface area (Å²) in [6, 6.07) is 9.20. The van der Waals surface area contributed by atoms with Crippen LogP contribution in [0.25, 0.3) is 22.0 Å². The molecular formula is C25H21F2N3O5S. The second-order valence-corrected chi connectivity index (χ2v) is 10.9. The number of sulfone groups is 1. The molecule has 3 heterocycles. The predicted octanol–water partition coefficient (Wildman–Crippen LogP) is 3.47. The molecule has 0 unspecified atom stereocenters. The molecule has 0 atom stereocenters. The molecule has 1 N–H and O–H groups in total. The van der Waals surface area contributed by atoms with Gasteiger partial charge in [-0.15, -0.1) is 0 Å². The lowest BCUT2D eigenvalue weighted by molar-refractivity contribution is 0.0770. The van der Waals surface area contributed by atoms with E-state index in [2.05, 4.69) is 4.98 Å². The molecule has 2 aromatic carbocycles. The first-order valence-corrected chi connectivity index (χ1v) is 12.9. The van der Waals surface area contributed by atoms with Crippen LogP contribution in [-0.2, 0) is 16.9 Å². The number of H-pyrrole nitrogens is 1. The van der Waals surface area contributed by atoms with Crippen molar-refractivity contribution in [2.45, 2.75) is 0 Å². The minimum Gasteiger partial charge on any atom is -0.454 e. The standard InChI is InChI=1S/C25H21F2N3O5S/c1-29-14-19(17-6-7-28-23(17)25(29)32)18-12-15(24(31)30-8-10-36(33,34)11-9-30)2-4-21(18)35-22-5-3-16(26)13-20(22)27/h2-7,12-14,28H,8-11H2,1H3. The van der Waals surface area contributed by atoms with Gasteiger partial charge in [-0.3, -0.25) is 9.59 Å². The van der Waals surface area contributed by atoms with Crippen LogP contribution in [0.5, 0.6) is 11.5 Å². The number of aromatic nitrogens is 2. The number of rotatable bonds is 4. The maximum atomic E-state index is 14.4. The van der Waals surface area contributed by atoms with Crippen molar-refractivity contribution in [3.8, 4) is 22.6 Å². The van der Waals surface area contributed by atoms with Gasteiger partial charge in [0.05, 0.1) is 11.5 Å². The van der Waals surface area contributed by atoms with Gasteiger partial charge < -0.3 is 19.2 Å². The van der Waals surface area contributed by atoms with Crippen molar-refractivity contribution < 1.29 is 26.7 Å². The minimum atomic E-state index is -3.17. The fourth-order valence-electron chi connectivity index (χ4n) is 4.22. The number of pyridine rings is 1. The molecule has 1 saturated heterocycles. The molecule has 1 fully saturated rings. The van der Waals surface area contributed by atoms with Gasteiger partial charge in [0.25, 0.3) is 11.5 Å². The summed E-state index contributed by atoms with van der Waals surface area (Å²) in [7, 11) is -1.59. The van der Waals surface area contributed by atoms with Crippen LogP contribution >= 0.6 is 0 Å². The summed E-state index contributed by atoms with van der Waals surface area (Å²) >= 11 is 0. The van der Waals surface area contributed by atoms with Crippen molar-refractivity contribution in [2.75, 3.05) is 24.6 Å². The van der Waals surface area contributed by atoms with E-state index in [9.17, 15) is 26.8 Å². The number of benzene rings is 2. The molecule has 2 aromatic heterocycles. The zero-order valence-corrected chi connectivity index (χ0v) is 19.9. The summed E-state index contributed by atoms with van der Waals surface area (Å²) in [6.45, 7) is 0.162. The van der Waals surface area contributed by atoms with E-state index >= 15 is 0 Å². The third-order valence-corrected chi connectivity index (χ3v) is 7.77. The Balaban J connectivity index is 1.63. The number of halogens is 2. The highest BCUT2D eigenvalue weighted by atomic mass is 32.2. The maximum absolute atomic E-state index is 14.4. The first-order chi connectivity index (χ1) is 17.1. The molecule has 4 aromatic rings. The van der Waals surface area contributed by atoms with Crippen molar-refractivity contribution >= 4 is 26.6 Å². The van der Waals surface area contributed by atoms with Crippen molar-refractivity contribution in [1.29, 1.82) is 0 Å². The summed E-state index contributed by atoms with van der Waals surface area (Å²) in [6.07, 6.45) is 3.20. The number of nitrogens with zero attached hydrogens (tertiary/aromatic N) is 2. The zero-order chi connectivity index (χ0) is 25.6. The number of hydrogen-bond acceptors (Lipinski definition) is 5. The zero-order valence-electron chi connectivity index (χ0n) is 19.1. The topological polar surface area (TPSA) is 101 Å². The Morgan fingerprint density at radius 3 is 2.44 bits per heavy atom. The first kappa shape index (κ1) is 23.7. The second kappa shape index (κ2) is 8.90. The van der Waals surface area contributed by atoms with Crippen LogP contribution in [0.2, 0.25) is 0 Å². The number of aromatic amines is 1. The van der Waals surface area contributed by atoms with Gasteiger partial charge in [0.15, 0.2) is 21.4 Å². The molecule has 0 radical (unpaired) electrons. The highest BCUT2D eigenvalue weighted by Crippen LogP contribution is 2.38. The molecule has 8 nitrogen and oxygen atoms in total. The van der Waals surface area contributed by atoms with Crippen molar-refractivity contribution in [1.82, 2.24) is 14.5 Å². The van der Waals surface area contributed by atoms with E-state index in [4.69, 9.17) is 4.74 Å². The van der Waals surface area contributed by atoms with Gasteiger partial charge in [-0.25, -0.2) is 17.2 Å². The highest BCUT2D eigenvalue weighted by Gasteiger charge is 2.27. The molecule has 11 heteroatoms. The largest absolute Gasteiger partial charge is 0.454 e. The minimum absolute atomic E-state index is 0.0808. The van der Waals surface area contributed by atoms with Gasteiger partial charge in [0, 0.05) is 60.7 Å². The summed E-state index contributed by atoms with van der Waals surface area (Å²) in [5.41, 5.74) is 1.30. The van der Waals surface area contributed by atoms with Crippen LogP contribution < -0.4 is 10.3 Å². The Bertz CT molecular complexity index is 1660. The van der Waals surface area contributed by atoms with Gasteiger partial charge >= 0.3 is 0 Å². The van der Waals surface area contributed by atoms with Gasteiger partial charge in [-0.1, -0.05) is 0 Å². The van der Waals surface area contributed by atoms with Crippen molar-refractivity contribution in [3.05, 3.63) is 82.4 Å². The van der Waals surface area contributed by atoms with E-state index in [1.54, 1.807) is 31.6 Å². The van der Waals surface area contributed by atoms with E-state index in [-0.39, 0.29) is 53.1 Å². The lowest BCUT2D eigenvalue weighted by Gasteiger charge is -2.27. The number of hydrogen-bond donors (Lipinski definition) is 1. The van der Waals surface area contributed by atoms with Gasteiger partial charge in [-0.05, 0) is 36.4 Å². The Labute approximate surface area is 204 Å². The quantitative estimate of drug-likeness (QED) is 0.450. The van der Waals surface area contributed by atoms with Crippen LogP contribution in [0, 0.1) is 11.6 Å². The predicted molar refractivity (Wildman–Crippen MR) is 130 cm³/mol. The third kappa shape index (κ3) is 4.37. The van der Waals surface area contributed by atoms with Gasteiger partial charge in [-0.2, -0.15) is 0 Å². The first-order valence-electron chi connectivity index (χ1n) is 11.1. The SMILES string of the molecule is Cn1cc(-c2cc(C(=O)N3CCS(=O)(=O)CC3)ccc2Oc2ccc(F)cc2F)c2cc[nH]c2c1=O. The lowest BCUT2D eigenvalue weighted by Crippen LogP contribution is -2.43. The fourth-order valence-corrected chi connectivity index (χ4v) is 5.42. The van der Waals surface area contributed by atoms with E-state index in [1.165, 1.54) is 21.6 Å². The maximum Gasteiger partial charge on any atom is 0.274 e. The lowest BCUT2D eigenvalue weighted by atomic mass is 9.99. The van der Waals surface area contributed by atoms with Gasteiger partial charge in [0.2, 0.25) is 0 Å². The fraction of sp³-hybridized carbons (Fsp3) is 0.200. The number of amides is 1. The molecular weight excluding hydrogens is 492 g/mol. The average molecular weight is 514 g/mol. The van der Waals surface area contributed by atoms with E-state index in [0.29, 0.717) is 28.1 Å². The molecule has 1 aliphatic rings. The number of aryl methyl sites for hydroxylation is 1. The Morgan fingerprint density at radius 2 is 1.72 bits per heavy atom. The van der Waals surface area contributed by atoms with Crippen LogP contribution in [0.4, 0.5) is 8.78 Å². The van der Waals surface area contributed by atoms with Crippen LogP contribution in [0.15, 0.2) is 59.7 Å².